The normalized spacial score (nSPS) is 9.94. The number of nitro groups is 1. The minimum absolute atomic E-state index is 0.117. The van der Waals surface area contributed by atoms with Crippen molar-refractivity contribution in [2.45, 2.75) is 0 Å². The first-order valence-corrected chi connectivity index (χ1v) is 4.91. The molecule has 4 nitrogen and oxygen atoms in total. The van der Waals surface area contributed by atoms with E-state index in [2.05, 4.69) is 27.8 Å². The Morgan fingerprint density at radius 1 is 1.50 bits per heavy atom. The summed E-state index contributed by atoms with van der Waals surface area (Å²) in [5.41, 5.74) is -1.04. The Labute approximate surface area is 98.2 Å². The van der Waals surface area contributed by atoms with Crippen molar-refractivity contribution in [1.82, 2.24) is 0 Å². The van der Waals surface area contributed by atoms with Gasteiger partial charge in [0.15, 0.2) is 11.6 Å². The number of anilines is 1. The van der Waals surface area contributed by atoms with Gasteiger partial charge in [0.05, 0.1) is 17.1 Å². The van der Waals surface area contributed by atoms with Crippen molar-refractivity contribution in [3.05, 3.63) is 44.9 Å². The molecule has 86 valence electrons. The lowest BCUT2D eigenvalue weighted by Gasteiger charge is -2.07. The van der Waals surface area contributed by atoms with E-state index in [9.17, 15) is 18.9 Å². The van der Waals surface area contributed by atoms with Gasteiger partial charge in [0, 0.05) is 11.0 Å². The Bertz CT molecular complexity index is 428. The van der Waals surface area contributed by atoms with Crippen molar-refractivity contribution in [3.63, 3.8) is 0 Å². The van der Waals surface area contributed by atoms with Crippen molar-refractivity contribution in [2.24, 2.45) is 0 Å². The van der Waals surface area contributed by atoms with Crippen LogP contribution in [-0.4, -0.2) is 11.5 Å². The molecule has 16 heavy (non-hydrogen) atoms. The molecule has 1 aromatic carbocycles. The molecule has 0 aliphatic rings. The summed E-state index contributed by atoms with van der Waals surface area (Å²) in [5, 5.41) is 12.7. The third kappa shape index (κ3) is 2.99. The molecule has 0 radical (unpaired) electrons. The van der Waals surface area contributed by atoms with Gasteiger partial charge >= 0.3 is 0 Å². The Kier molecular flexibility index (Phi) is 3.94. The molecule has 1 aromatic rings. The average molecular weight is 293 g/mol. The van der Waals surface area contributed by atoms with Gasteiger partial charge in [-0.3, -0.25) is 10.1 Å². The van der Waals surface area contributed by atoms with E-state index < -0.39 is 27.9 Å². The molecule has 0 spiro atoms. The van der Waals surface area contributed by atoms with Crippen LogP contribution in [0.25, 0.3) is 0 Å². The summed E-state index contributed by atoms with van der Waals surface area (Å²) in [7, 11) is 0. The zero-order valence-corrected chi connectivity index (χ0v) is 9.55. The van der Waals surface area contributed by atoms with Crippen LogP contribution in [0.15, 0.2) is 23.2 Å². The van der Waals surface area contributed by atoms with Gasteiger partial charge in [0.1, 0.15) is 5.69 Å². The van der Waals surface area contributed by atoms with Crippen LogP contribution in [0.4, 0.5) is 20.2 Å². The third-order valence-electron chi connectivity index (χ3n) is 1.69. The molecule has 0 amide bonds. The second kappa shape index (κ2) is 5.02. The van der Waals surface area contributed by atoms with Crippen LogP contribution in [0.1, 0.15) is 0 Å². The van der Waals surface area contributed by atoms with E-state index in [-0.39, 0.29) is 6.54 Å². The molecule has 0 aliphatic carbocycles. The fourth-order valence-electron chi connectivity index (χ4n) is 1.02. The van der Waals surface area contributed by atoms with Crippen molar-refractivity contribution >= 4 is 27.3 Å². The van der Waals surface area contributed by atoms with Crippen LogP contribution in [0.3, 0.4) is 0 Å². The molecule has 0 aromatic heterocycles. The number of halogens is 3. The Balaban J connectivity index is 3.03. The molecule has 0 saturated heterocycles. The summed E-state index contributed by atoms with van der Waals surface area (Å²) in [4.78, 5) is 9.45. The van der Waals surface area contributed by atoms with E-state index in [1.165, 1.54) is 0 Å². The SMILES string of the molecule is C=C(Br)CNc1c(F)cc([N+](=O)[O-])cc1F. The molecule has 0 atom stereocenters. The summed E-state index contributed by atoms with van der Waals surface area (Å²) in [6.07, 6.45) is 0. The average Bonchev–Trinajstić information content (AvgIpc) is 2.15. The molecule has 0 aliphatic heterocycles. The topological polar surface area (TPSA) is 55.2 Å². The van der Waals surface area contributed by atoms with E-state index in [0.717, 1.165) is 0 Å². The second-order valence-corrected chi connectivity index (χ2v) is 4.03. The highest BCUT2D eigenvalue weighted by molar-refractivity contribution is 9.11. The van der Waals surface area contributed by atoms with Crippen LogP contribution >= 0.6 is 15.9 Å². The summed E-state index contributed by atoms with van der Waals surface area (Å²) >= 11 is 3.01. The lowest BCUT2D eigenvalue weighted by atomic mass is 10.2. The van der Waals surface area contributed by atoms with Gasteiger partial charge in [0.25, 0.3) is 5.69 Å². The van der Waals surface area contributed by atoms with Gasteiger partial charge in [-0.1, -0.05) is 22.5 Å². The van der Waals surface area contributed by atoms with Crippen LogP contribution < -0.4 is 5.32 Å². The van der Waals surface area contributed by atoms with Crippen molar-refractivity contribution in [3.8, 4) is 0 Å². The largest absolute Gasteiger partial charge is 0.376 e. The minimum atomic E-state index is -1.01. The standard InChI is InChI=1S/C9H7BrF2N2O2/c1-5(10)4-13-9-7(11)2-6(14(15)16)3-8(9)12/h2-3,13H,1,4H2. The van der Waals surface area contributed by atoms with E-state index in [1.807, 2.05) is 0 Å². The summed E-state index contributed by atoms with van der Waals surface area (Å²) in [6, 6.07) is 1.31. The van der Waals surface area contributed by atoms with Crippen molar-refractivity contribution in [1.29, 1.82) is 0 Å². The molecule has 7 heteroatoms. The van der Waals surface area contributed by atoms with Gasteiger partial charge in [-0.25, -0.2) is 8.78 Å². The predicted octanol–water partition coefficient (Wildman–Crippen LogP) is 3.19. The summed E-state index contributed by atoms with van der Waals surface area (Å²) < 4.78 is 27.0. The highest BCUT2D eigenvalue weighted by Gasteiger charge is 2.16. The number of nitrogens with one attached hydrogen (secondary N) is 1. The Morgan fingerprint density at radius 2 is 2.00 bits per heavy atom. The van der Waals surface area contributed by atoms with E-state index in [4.69, 9.17) is 0 Å². The molecule has 0 heterocycles. The van der Waals surface area contributed by atoms with Gasteiger partial charge in [-0.15, -0.1) is 0 Å². The first-order valence-electron chi connectivity index (χ1n) is 4.12. The maximum absolute atomic E-state index is 13.3. The number of nitro benzene ring substituents is 1. The molecular formula is C9H7BrF2N2O2. The molecule has 0 fully saturated rings. The quantitative estimate of drug-likeness (QED) is 0.685. The molecule has 1 N–H and O–H groups in total. The molecule has 0 unspecified atom stereocenters. The summed E-state index contributed by atoms with van der Waals surface area (Å²) in [6.45, 7) is 3.59. The van der Waals surface area contributed by atoms with Gasteiger partial charge in [-0.05, 0) is 0 Å². The van der Waals surface area contributed by atoms with E-state index in [0.29, 0.717) is 16.6 Å². The van der Waals surface area contributed by atoms with Crippen LogP contribution in [0.2, 0.25) is 0 Å². The van der Waals surface area contributed by atoms with Crippen LogP contribution in [0, 0.1) is 21.7 Å². The third-order valence-corrected chi connectivity index (χ3v) is 1.98. The highest BCUT2D eigenvalue weighted by atomic mass is 79.9. The first kappa shape index (κ1) is 12.6. The van der Waals surface area contributed by atoms with Gasteiger partial charge in [0.2, 0.25) is 0 Å². The van der Waals surface area contributed by atoms with Crippen molar-refractivity contribution in [2.75, 3.05) is 11.9 Å². The number of hydrogen-bond donors (Lipinski definition) is 1. The van der Waals surface area contributed by atoms with Crippen LogP contribution in [0.5, 0.6) is 0 Å². The molecule has 1 rings (SSSR count). The molecule has 0 saturated carbocycles. The fraction of sp³-hybridized carbons (Fsp3) is 0.111. The zero-order valence-electron chi connectivity index (χ0n) is 7.97. The Morgan fingerprint density at radius 3 is 2.38 bits per heavy atom. The first-order chi connectivity index (χ1) is 7.41. The number of hydrogen-bond acceptors (Lipinski definition) is 3. The monoisotopic (exact) mass is 292 g/mol. The lowest BCUT2D eigenvalue weighted by Crippen LogP contribution is -2.06. The fourth-order valence-corrected chi connectivity index (χ4v) is 1.16. The smallest absolute Gasteiger partial charge is 0.275 e. The second-order valence-electron chi connectivity index (χ2n) is 2.91. The number of nitrogens with zero attached hydrogens (tertiary/aromatic N) is 1. The molecule has 0 bridgehead atoms. The van der Waals surface area contributed by atoms with E-state index in [1.54, 1.807) is 0 Å². The molecular weight excluding hydrogens is 286 g/mol. The summed E-state index contributed by atoms with van der Waals surface area (Å²) in [5.74, 6) is -2.03. The van der Waals surface area contributed by atoms with Crippen LogP contribution in [-0.2, 0) is 0 Å². The number of rotatable bonds is 4. The van der Waals surface area contributed by atoms with Crippen molar-refractivity contribution < 1.29 is 13.7 Å². The van der Waals surface area contributed by atoms with Gasteiger partial charge in [-0.2, -0.15) is 0 Å². The Hall–Kier alpha value is -1.50. The predicted molar refractivity (Wildman–Crippen MR) is 59.6 cm³/mol. The highest BCUT2D eigenvalue weighted by Crippen LogP contribution is 2.25. The maximum atomic E-state index is 13.3. The minimum Gasteiger partial charge on any atom is -0.376 e. The maximum Gasteiger partial charge on any atom is 0.275 e. The lowest BCUT2D eigenvalue weighted by molar-refractivity contribution is -0.385. The van der Waals surface area contributed by atoms with Gasteiger partial charge < -0.3 is 5.32 Å². The zero-order chi connectivity index (χ0) is 12.3. The van der Waals surface area contributed by atoms with E-state index >= 15 is 0 Å². The number of non-ortho nitro benzene ring substituents is 1. The number of benzene rings is 1.